The molecule has 1 unspecified atom stereocenters. The summed E-state index contributed by atoms with van der Waals surface area (Å²) in [5.41, 5.74) is 0. The SMILES string of the molecule is CCCCCCCCC(=O)OCC(COC(=O)CCCCCCCC)CC(=O)O[C@@H]1CC(C(=O)OCCN(C)C)C[C@H](OC(=O)CC(COC(=O)CCCCCCCC)COC(=O)CCCCCCCC)C1. The number of carbonyl (C=O) groups is 7. The Morgan fingerprint density at radius 3 is 0.972 bits per heavy atom. The third-order valence-electron chi connectivity index (χ3n) is 13.1. The molecule has 0 bridgehead atoms. The number of esters is 7. The van der Waals surface area contributed by atoms with Gasteiger partial charge in [-0.3, -0.25) is 33.6 Å². The van der Waals surface area contributed by atoms with E-state index in [-0.39, 0.29) is 115 Å². The van der Waals surface area contributed by atoms with Gasteiger partial charge in [-0.15, -0.1) is 0 Å². The lowest BCUT2D eigenvalue weighted by atomic mass is 9.85. The maximum Gasteiger partial charge on any atom is 0.309 e. The van der Waals surface area contributed by atoms with Gasteiger partial charge in [0.25, 0.3) is 0 Å². The summed E-state index contributed by atoms with van der Waals surface area (Å²) in [4.78, 5) is 93.6. The summed E-state index contributed by atoms with van der Waals surface area (Å²) < 4.78 is 40.0. The standard InChI is InChI=1S/C57H101NO14/c1-7-11-15-19-23-27-31-51(59)67-42-46(43-68-52(60)32-28-24-20-16-12-8-2)37-55(63)71-49-39-48(57(65)66-36-35-58(5)6)40-50(41-49)72-56(64)38-47(44-69-53(61)33-29-25-21-17-13-9-3)45-70-54(62)34-30-26-22-18-14-10-4/h46-50H,7-45H2,1-6H3/t48?,49-,50+. The number of unbranched alkanes of at least 4 members (excludes halogenated alkanes) is 20. The minimum atomic E-state index is -0.830. The van der Waals surface area contributed by atoms with E-state index in [4.69, 9.17) is 33.2 Å². The van der Waals surface area contributed by atoms with Crippen molar-refractivity contribution in [3.05, 3.63) is 0 Å². The van der Waals surface area contributed by atoms with Crippen molar-refractivity contribution in [1.82, 2.24) is 4.90 Å². The molecule has 1 fully saturated rings. The van der Waals surface area contributed by atoms with E-state index in [9.17, 15) is 33.6 Å². The number of hydrogen-bond acceptors (Lipinski definition) is 15. The molecule has 0 amide bonds. The average molecular weight is 1020 g/mol. The van der Waals surface area contributed by atoms with Crippen molar-refractivity contribution in [1.29, 1.82) is 0 Å². The Labute approximate surface area is 435 Å². The highest BCUT2D eigenvalue weighted by molar-refractivity contribution is 5.74. The van der Waals surface area contributed by atoms with Crippen LogP contribution in [0, 0.1) is 17.8 Å². The average Bonchev–Trinajstić information content (AvgIpc) is 3.34. The molecule has 15 heteroatoms. The molecule has 418 valence electrons. The molecule has 0 heterocycles. The number of hydrogen-bond donors (Lipinski definition) is 0. The smallest absolute Gasteiger partial charge is 0.309 e. The molecule has 0 spiro atoms. The van der Waals surface area contributed by atoms with E-state index in [1.165, 1.54) is 0 Å². The summed E-state index contributed by atoms with van der Waals surface area (Å²) in [6.07, 6.45) is 23.7. The number of ether oxygens (including phenoxy) is 7. The molecular weight excluding hydrogens is 923 g/mol. The highest BCUT2D eigenvalue weighted by Crippen LogP contribution is 2.31. The summed E-state index contributed by atoms with van der Waals surface area (Å²) in [6, 6.07) is 0. The van der Waals surface area contributed by atoms with Crippen LogP contribution in [0.25, 0.3) is 0 Å². The van der Waals surface area contributed by atoms with Crippen molar-refractivity contribution in [2.45, 2.75) is 252 Å². The minimum absolute atomic E-state index is 0.106. The van der Waals surface area contributed by atoms with Gasteiger partial charge in [0.1, 0.15) is 18.8 Å². The number of carbonyl (C=O) groups excluding carboxylic acids is 7. The molecule has 3 atom stereocenters. The first-order valence-electron chi connectivity index (χ1n) is 28.6. The highest BCUT2D eigenvalue weighted by Gasteiger charge is 2.38. The molecule has 1 aliphatic rings. The predicted octanol–water partition coefficient (Wildman–Crippen LogP) is 11.9. The van der Waals surface area contributed by atoms with Gasteiger partial charge < -0.3 is 38.1 Å². The first-order chi connectivity index (χ1) is 34.8. The minimum Gasteiger partial charge on any atom is -0.465 e. The zero-order valence-electron chi connectivity index (χ0n) is 46.1. The van der Waals surface area contributed by atoms with Crippen LogP contribution in [0.5, 0.6) is 0 Å². The van der Waals surface area contributed by atoms with Gasteiger partial charge in [-0.2, -0.15) is 0 Å². The lowest BCUT2D eigenvalue weighted by molar-refractivity contribution is -0.171. The van der Waals surface area contributed by atoms with Gasteiger partial charge in [-0.1, -0.05) is 156 Å². The molecule has 0 aromatic carbocycles. The normalized spacial score (nSPS) is 15.6. The number of nitrogens with zero attached hydrogens (tertiary/aromatic N) is 1. The van der Waals surface area contributed by atoms with Gasteiger partial charge in [-0.25, -0.2) is 0 Å². The predicted molar refractivity (Wildman–Crippen MR) is 279 cm³/mol. The fourth-order valence-electron chi connectivity index (χ4n) is 8.65. The van der Waals surface area contributed by atoms with Crippen LogP contribution in [-0.2, 0) is 66.7 Å². The van der Waals surface area contributed by atoms with E-state index in [0.29, 0.717) is 32.2 Å². The van der Waals surface area contributed by atoms with Gasteiger partial charge in [0.2, 0.25) is 0 Å². The van der Waals surface area contributed by atoms with E-state index in [2.05, 4.69) is 27.7 Å². The Balaban J connectivity index is 3.10. The molecule has 0 radical (unpaired) electrons. The van der Waals surface area contributed by atoms with Gasteiger partial charge >= 0.3 is 41.8 Å². The van der Waals surface area contributed by atoms with Crippen LogP contribution in [0.2, 0.25) is 0 Å². The first kappa shape index (κ1) is 66.3. The summed E-state index contributed by atoms with van der Waals surface area (Å²) in [7, 11) is 3.72. The van der Waals surface area contributed by atoms with Crippen LogP contribution >= 0.6 is 0 Å². The highest BCUT2D eigenvalue weighted by atomic mass is 16.6. The molecule has 0 aromatic rings. The topological polar surface area (TPSA) is 187 Å². The summed E-state index contributed by atoms with van der Waals surface area (Å²) >= 11 is 0. The quantitative estimate of drug-likeness (QED) is 0.0318. The molecule has 0 N–H and O–H groups in total. The second-order valence-corrected chi connectivity index (χ2v) is 20.5. The molecule has 1 aliphatic carbocycles. The number of rotatable bonds is 46. The van der Waals surface area contributed by atoms with E-state index in [1.807, 2.05) is 19.0 Å². The molecule has 0 saturated heterocycles. The van der Waals surface area contributed by atoms with E-state index in [1.54, 1.807) is 0 Å². The van der Waals surface area contributed by atoms with E-state index in [0.717, 1.165) is 128 Å². The summed E-state index contributed by atoms with van der Waals surface area (Å²) in [5.74, 6) is -5.38. The van der Waals surface area contributed by atoms with Gasteiger partial charge in [-0.05, 0) is 52.6 Å². The van der Waals surface area contributed by atoms with Crippen molar-refractivity contribution in [2.75, 3.05) is 53.7 Å². The van der Waals surface area contributed by atoms with Gasteiger partial charge in [0.05, 0.1) is 45.2 Å². The fourth-order valence-corrected chi connectivity index (χ4v) is 8.65. The molecule has 72 heavy (non-hydrogen) atoms. The van der Waals surface area contributed by atoms with Gasteiger partial charge in [0.15, 0.2) is 0 Å². The maximum absolute atomic E-state index is 13.7. The van der Waals surface area contributed by atoms with Gasteiger partial charge in [0, 0.05) is 50.5 Å². The van der Waals surface area contributed by atoms with Crippen molar-refractivity contribution in [3.8, 4) is 0 Å². The van der Waals surface area contributed by atoms with Crippen molar-refractivity contribution in [3.63, 3.8) is 0 Å². The summed E-state index contributed by atoms with van der Waals surface area (Å²) in [6.45, 7) is 8.71. The van der Waals surface area contributed by atoms with E-state index >= 15 is 0 Å². The Morgan fingerprint density at radius 1 is 0.389 bits per heavy atom. The van der Waals surface area contributed by atoms with Crippen LogP contribution in [0.3, 0.4) is 0 Å². The zero-order valence-corrected chi connectivity index (χ0v) is 46.1. The van der Waals surface area contributed by atoms with Crippen molar-refractivity contribution < 1.29 is 66.7 Å². The second kappa shape index (κ2) is 44.7. The fraction of sp³-hybridized carbons (Fsp3) is 0.877. The Kier molecular flexibility index (Phi) is 41.1. The lowest BCUT2D eigenvalue weighted by Gasteiger charge is -2.33. The van der Waals surface area contributed by atoms with E-state index < -0.39 is 47.9 Å². The Hall–Kier alpha value is -3.75. The monoisotopic (exact) mass is 1020 g/mol. The third kappa shape index (κ3) is 37.9. The lowest BCUT2D eigenvalue weighted by Crippen LogP contribution is -2.40. The molecular formula is C57H101NO14. The molecule has 0 aliphatic heterocycles. The molecule has 1 saturated carbocycles. The molecule has 15 nitrogen and oxygen atoms in total. The van der Waals surface area contributed by atoms with Crippen LogP contribution in [0.4, 0.5) is 0 Å². The van der Waals surface area contributed by atoms with Crippen LogP contribution in [0.15, 0.2) is 0 Å². The zero-order chi connectivity index (χ0) is 53.0. The largest absolute Gasteiger partial charge is 0.465 e. The van der Waals surface area contributed by atoms with Crippen LogP contribution < -0.4 is 0 Å². The molecule has 1 rings (SSSR count). The van der Waals surface area contributed by atoms with Crippen molar-refractivity contribution in [2.24, 2.45) is 17.8 Å². The van der Waals surface area contributed by atoms with Crippen LogP contribution in [0.1, 0.15) is 240 Å². The first-order valence-corrected chi connectivity index (χ1v) is 28.6. The second-order valence-electron chi connectivity index (χ2n) is 20.5. The third-order valence-corrected chi connectivity index (χ3v) is 13.1. The summed E-state index contributed by atoms with van der Waals surface area (Å²) in [5, 5.41) is 0. The maximum atomic E-state index is 13.7. The molecule has 0 aromatic heterocycles. The van der Waals surface area contributed by atoms with Crippen molar-refractivity contribution >= 4 is 41.8 Å². The Morgan fingerprint density at radius 2 is 0.681 bits per heavy atom. The number of likely N-dealkylation sites (N-methyl/N-ethyl adjacent to an activating group) is 1. The Bertz CT molecular complexity index is 1300. The van der Waals surface area contributed by atoms with Crippen LogP contribution in [-0.4, -0.2) is 113 Å².